The summed E-state index contributed by atoms with van der Waals surface area (Å²) in [5, 5.41) is 2.87. The first-order valence-corrected chi connectivity index (χ1v) is 8.09. The summed E-state index contributed by atoms with van der Waals surface area (Å²) in [6, 6.07) is 6.07. The number of anilines is 1. The minimum atomic E-state index is -0.663. The van der Waals surface area contributed by atoms with Crippen molar-refractivity contribution >= 4 is 35.2 Å². The summed E-state index contributed by atoms with van der Waals surface area (Å²) in [7, 11) is 0. The van der Waals surface area contributed by atoms with Crippen molar-refractivity contribution in [2.45, 2.75) is 18.8 Å². The molecule has 0 bridgehead atoms. The molecule has 23 heavy (non-hydrogen) atoms. The molecule has 0 radical (unpaired) electrons. The van der Waals surface area contributed by atoms with Crippen LogP contribution in [0.5, 0.6) is 0 Å². The third-order valence-corrected chi connectivity index (χ3v) is 4.59. The van der Waals surface area contributed by atoms with E-state index in [2.05, 4.69) is 0 Å². The van der Waals surface area contributed by atoms with Crippen LogP contribution in [0, 0.1) is 5.82 Å². The lowest BCUT2D eigenvalue weighted by Crippen LogP contribution is -2.48. The third kappa shape index (κ3) is 3.26. The number of urea groups is 1. The average molecular weight is 332 g/mol. The van der Waals surface area contributed by atoms with Crippen LogP contribution in [-0.2, 0) is 0 Å². The molecule has 0 atom stereocenters. The topological polar surface area (TPSA) is 84.4 Å². The van der Waals surface area contributed by atoms with Gasteiger partial charge in [-0.05, 0) is 48.4 Å². The summed E-state index contributed by atoms with van der Waals surface area (Å²) in [5.74, 6) is 10.9. The number of hydrogen-bond acceptors (Lipinski definition) is 4. The van der Waals surface area contributed by atoms with Gasteiger partial charge in [-0.1, -0.05) is 12.1 Å². The van der Waals surface area contributed by atoms with Crippen molar-refractivity contribution in [1.29, 1.82) is 0 Å². The monoisotopic (exact) mass is 332 g/mol. The molecule has 1 fully saturated rings. The van der Waals surface area contributed by atoms with Crippen molar-refractivity contribution in [2.24, 2.45) is 11.7 Å². The van der Waals surface area contributed by atoms with Gasteiger partial charge in [-0.25, -0.2) is 25.9 Å². The molecule has 7 heteroatoms. The Labute approximate surface area is 137 Å². The number of thiophene rings is 1. The smallest absolute Gasteiger partial charge is 0.274 e. The summed E-state index contributed by atoms with van der Waals surface area (Å²) in [6.45, 7) is 0. The molecule has 5 nitrogen and oxygen atoms in total. The largest absolute Gasteiger partial charge is 0.350 e. The van der Waals surface area contributed by atoms with E-state index in [-0.39, 0.29) is 11.7 Å². The van der Waals surface area contributed by atoms with Crippen LogP contribution in [-0.4, -0.2) is 6.03 Å². The van der Waals surface area contributed by atoms with Crippen LogP contribution in [0.15, 0.2) is 29.6 Å². The minimum absolute atomic E-state index is 0.173. The number of rotatable bonds is 4. The van der Waals surface area contributed by atoms with Crippen LogP contribution in [0.3, 0.4) is 0 Å². The lowest BCUT2D eigenvalue weighted by molar-refractivity contribution is 0.246. The van der Waals surface area contributed by atoms with Crippen LogP contribution < -0.4 is 22.1 Å². The Morgan fingerprint density at radius 1 is 1.35 bits per heavy atom. The molecule has 2 amide bonds. The van der Waals surface area contributed by atoms with Gasteiger partial charge < -0.3 is 0 Å². The number of nitrogens with zero attached hydrogens (tertiary/aromatic N) is 1. The van der Waals surface area contributed by atoms with E-state index in [9.17, 15) is 9.18 Å². The normalized spacial score (nSPS) is 14.2. The maximum Gasteiger partial charge on any atom is 0.350 e. The van der Waals surface area contributed by atoms with Gasteiger partial charge in [0.15, 0.2) is 0 Å². The predicted octanol–water partition coefficient (Wildman–Crippen LogP) is 3.20. The van der Waals surface area contributed by atoms with Crippen molar-refractivity contribution in [3.05, 3.63) is 51.5 Å². The standard InChI is InChI=1S/C16H17FN4OS/c17-13-7-8-14(21(19)16(22)20-18)12(15(13)10-3-4-10)6-5-11-2-1-9-23-11/h1-2,5-10H,3-4,18-19H2,(H,20,22)/b6-5+. The van der Waals surface area contributed by atoms with E-state index < -0.39 is 6.03 Å². The summed E-state index contributed by atoms with van der Waals surface area (Å²) in [4.78, 5) is 12.8. The Bertz CT molecular complexity index is 741. The second-order valence-corrected chi connectivity index (χ2v) is 6.32. The number of amides is 2. The van der Waals surface area contributed by atoms with Crippen molar-refractivity contribution in [1.82, 2.24) is 5.43 Å². The Kier molecular flexibility index (Phi) is 4.42. The fourth-order valence-electron chi connectivity index (χ4n) is 2.50. The number of hydrogen-bond donors (Lipinski definition) is 3. The molecule has 120 valence electrons. The quantitative estimate of drug-likeness (QED) is 0.457. The fraction of sp³-hybridized carbons (Fsp3) is 0.188. The average Bonchev–Trinajstić information content (AvgIpc) is 3.26. The number of nitrogens with one attached hydrogen (secondary N) is 1. The van der Waals surface area contributed by atoms with Gasteiger partial charge in [0.05, 0.1) is 5.69 Å². The number of nitrogens with two attached hydrogens (primary N) is 2. The summed E-state index contributed by atoms with van der Waals surface area (Å²) < 4.78 is 14.3. The molecule has 2 aromatic rings. The van der Waals surface area contributed by atoms with Crippen molar-refractivity contribution < 1.29 is 9.18 Å². The molecule has 0 aliphatic heterocycles. The highest BCUT2D eigenvalue weighted by molar-refractivity contribution is 7.10. The number of carbonyl (C=O) groups is 1. The second kappa shape index (κ2) is 6.49. The highest BCUT2D eigenvalue weighted by Crippen LogP contribution is 2.45. The molecule has 1 aromatic heterocycles. The van der Waals surface area contributed by atoms with Gasteiger partial charge in [0, 0.05) is 16.0 Å². The molecular formula is C16H17FN4OS. The first-order valence-electron chi connectivity index (χ1n) is 7.21. The van der Waals surface area contributed by atoms with Crippen LogP contribution in [0.4, 0.5) is 14.9 Å². The van der Waals surface area contributed by atoms with E-state index in [1.807, 2.05) is 35.1 Å². The summed E-state index contributed by atoms with van der Waals surface area (Å²) in [5.41, 5.74) is 3.63. The number of benzene rings is 1. The molecule has 5 N–H and O–H groups in total. The van der Waals surface area contributed by atoms with E-state index in [1.54, 1.807) is 11.3 Å². The first-order chi connectivity index (χ1) is 11.1. The van der Waals surface area contributed by atoms with Gasteiger partial charge in [-0.15, -0.1) is 11.3 Å². The third-order valence-electron chi connectivity index (χ3n) is 3.76. The Balaban J connectivity index is 2.08. The SMILES string of the molecule is NNC(=O)N(N)c1ccc(F)c(C2CC2)c1/C=C/c1cccs1. The fourth-order valence-corrected chi connectivity index (χ4v) is 3.12. The van der Waals surface area contributed by atoms with E-state index in [0.29, 0.717) is 16.8 Å². The van der Waals surface area contributed by atoms with Crippen LogP contribution in [0.2, 0.25) is 0 Å². The van der Waals surface area contributed by atoms with Crippen molar-refractivity contribution in [3.8, 4) is 0 Å². The Morgan fingerprint density at radius 3 is 2.74 bits per heavy atom. The lowest BCUT2D eigenvalue weighted by atomic mass is 9.99. The second-order valence-electron chi connectivity index (χ2n) is 5.34. The van der Waals surface area contributed by atoms with Crippen LogP contribution >= 0.6 is 11.3 Å². The molecule has 1 aliphatic carbocycles. The van der Waals surface area contributed by atoms with Gasteiger partial charge in [-0.2, -0.15) is 0 Å². The number of halogens is 1. The van der Waals surface area contributed by atoms with E-state index >= 15 is 0 Å². The molecule has 0 unspecified atom stereocenters. The molecule has 0 saturated heterocycles. The number of hydrazine groups is 2. The van der Waals surface area contributed by atoms with Gasteiger partial charge in [0.2, 0.25) is 0 Å². The zero-order chi connectivity index (χ0) is 16.4. The zero-order valence-corrected chi connectivity index (χ0v) is 13.1. The molecule has 1 heterocycles. The molecule has 0 spiro atoms. The zero-order valence-electron chi connectivity index (χ0n) is 12.3. The molecule has 1 aromatic carbocycles. The van der Waals surface area contributed by atoms with Crippen molar-refractivity contribution in [2.75, 3.05) is 5.01 Å². The van der Waals surface area contributed by atoms with Gasteiger partial charge >= 0.3 is 6.03 Å². The Morgan fingerprint density at radius 2 is 2.13 bits per heavy atom. The summed E-state index contributed by atoms with van der Waals surface area (Å²) in [6.07, 6.45) is 5.58. The van der Waals surface area contributed by atoms with E-state index in [0.717, 1.165) is 22.7 Å². The number of carbonyl (C=O) groups excluding carboxylic acids is 1. The predicted molar refractivity (Wildman–Crippen MR) is 91.0 cm³/mol. The molecule has 1 saturated carbocycles. The van der Waals surface area contributed by atoms with E-state index in [1.165, 1.54) is 12.1 Å². The summed E-state index contributed by atoms with van der Waals surface area (Å²) >= 11 is 1.58. The van der Waals surface area contributed by atoms with E-state index in [4.69, 9.17) is 11.7 Å². The van der Waals surface area contributed by atoms with Gasteiger partial charge in [-0.3, -0.25) is 5.43 Å². The van der Waals surface area contributed by atoms with Crippen LogP contribution in [0.25, 0.3) is 12.2 Å². The maximum absolute atomic E-state index is 14.3. The van der Waals surface area contributed by atoms with Crippen LogP contribution in [0.1, 0.15) is 34.8 Å². The van der Waals surface area contributed by atoms with Gasteiger partial charge in [0.1, 0.15) is 5.82 Å². The van der Waals surface area contributed by atoms with Gasteiger partial charge in [0.25, 0.3) is 0 Å². The molecular weight excluding hydrogens is 315 g/mol. The minimum Gasteiger partial charge on any atom is -0.274 e. The highest BCUT2D eigenvalue weighted by atomic mass is 32.1. The maximum atomic E-state index is 14.3. The lowest BCUT2D eigenvalue weighted by Gasteiger charge is -2.20. The highest BCUT2D eigenvalue weighted by Gasteiger charge is 2.31. The molecule has 1 aliphatic rings. The first kappa shape index (κ1) is 15.7. The molecule has 3 rings (SSSR count). The Hall–Kier alpha value is -2.22. The van der Waals surface area contributed by atoms with Crippen molar-refractivity contribution in [3.63, 3.8) is 0 Å².